The van der Waals surface area contributed by atoms with Crippen LogP contribution in [0.5, 0.6) is 0 Å². The van der Waals surface area contributed by atoms with Crippen molar-refractivity contribution in [2.24, 2.45) is 5.92 Å². The van der Waals surface area contributed by atoms with Crippen LogP contribution in [0.4, 0.5) is 0 Å². The van der Waals surface area contributed by atoms with Crippen molar-refractivity contribution < 1.29 is 9.90 Å². The van der Waals surface area contributed by atoms with Crippen molar-refractivity contribution in [3.8, 4) is 0 Å². The van der Waals surface area contributed by atoms with E-state index in [0.29, 0.717) is 12.8 Å². The highest BCUT2D eigenvalue weighted by Crippen LogP contribution is 2.01. The Morgan fingerprint density at radius 1 is 1.62 bits per heavy atom. The van der Waals surface area contributed by atoms with Gasteiger partial charge in [0, 0.05) is 6.42 Å². The number of hydrogen-bond donors (Lipinski definition) is 2. The van der Waals surface area contributed by atoms with Gasteiger partial charge in [0.2, 0.25) is 5.91 Å². The van der Waals surface area contributed by atoms with E-state index in [1.807, 2.05) is 13.8 Å². The van der Waals surface area contributed by atoms with E-state index in [0.717, 1.165) is 0 Å². The van der Waals surface area contributed by atoms with Crippen molar-refractivity contribution in [1.82, 2.24) is 5.32 Å². The number of carbonyl (C=O) groups is 1. The van der Waals surface area contributed by atoms with Crippen LogP contribution in [0.25, 0.3) is 0 Å². The fourth-order valence-electron chi connectivity index (χ4n) is 0.935. The van der Waals surface area contributed by atoms with Crippen LogP contribution in [0.2, 0.25) is 0 Å². The van der Waals surface area contributed by atoms with Crippen molar-refractivity contribution in [2.45, 2.75) is 32.7 Å². The molecule has 0 fully saturated rings. The lowest BCUT2D eigenvalue weighted by Gasteiger charge is -2.19. The molecule has 0 aromatic carbocycles. The van der Waals surface area contributed by atoms with E-state index in [1.165, 1.54) is 0 Å². The van der Waals surface area contributed by atoms with E-state index in [1.54, 1.807) is 6.08 Å². The van der Waals surface area contributed by atoms with E-state index in [-0.39, 0.29) is 24.5 Å². The highest BCUT2D eigenvalue weighted by Gasteiger charge is 2.13. The Kier molecular flexibility index (Phi) is 6.24. The fourth-order valence-corrected chi connectivity index (χ4v) is 0.935. The van der Waals surface area contributed by atoms with Crippen LogP contribution in [-0.2, 0) is 4.79 Å². The molecule has 3 heteroatoms. The molecule has 2 N–H and O–H groups in total. The molecule has 0 heterocycles. The number of amides is 1. The van der Waals surface area contributed by atoms with Crippen molar-refractivity contribution in [3.63, 3.8) is 0 Å². The van der Waals surface area contributed by atoms with Crippen molar-refractivity contribution in [2.75, 3.05) is 6.61 Å². The number of allylic oxidation sites excluding steroid dienone is 1. The molecule has 0 unspecified atom stereocenters. The van der Waals surface area contributed by atoms with Crippen LogP contribution < -0.4 is 5.32 Å². The molecular weight excluding hydrogens is 166 g/mol. The molecule has 0 aliphatic carbocycles. The summed E-state index contributed by atoms with van der Waals surface area (Å²) < 4.78 is 0. The number of rotatable bonds is 6. The maximum absolute atomic E-state index is 11.2. The summed E-state index contributed by atoms with van der Waals surface area (Å²) in [5, 5.41) is 11.7. The Morgan fingerprint density at radius 2 is 2.23 bits per heavy atom. The molecule has 0 saturated heterocycles. The summed E-state index contributed by atoms with van der Waals surface area (Å²) in [6.45, 7) is 7.47. The van der Waals surface area contributed by atoms with Crippen LogP contribution in [-0.4, -0.2) is 23.7 Å². The predicted molar refractivity (Wildman–Crippen MR) is 53.3 cm³/mol. The maximum atomic E-state index is 11.2. The molecule has 0 aliphatic heterocycles. The number of aliphatic hydroxyl groups excluding tert-OH is 1. The molecule has 0 aromatic rings. The van der Waals surface area contributed by atoms with Gasteiger partial charge < -0.3 is 10.4 Å². The van der Waals surface area contributed by atoms with Gasteiger partial charge in [0.1, 0.15) is 0 Å². The van der Waals surface area contributed by atoms with Crippen LogP contribution in [0.3, 0.4) is 0 Å². The van der Waals surface area contributed by atoms with Gasteiger partial charge >= 0.3 is 0 Å². The van der Waals surface area contributed by atoms with Gasteiger partial charge in [-0.3, -0.25) is 4.79 Å². The molecule has 13 heavy (non-hydrogen) atoms. The first-order chi connectivity index (χ1) is 6.11. The van der Waals surface area contributed by atoms with E-state index in [2.05, 4.69) is 11.9 Å². The monoisotopic (exact) mass is 185 g/mol. The molecule has 0 rings (SSSR count). The average molecular weight is 185 g/mol. The zero-order valence-corrected chi connectivity index (χ0v) is 8.42. The lowest BCUT2D eigenvalue weighted by atomic mass is 10.1. The third-order valence-corrected chi connectivity index (χ3v) is 1.92. The van der Waals surface area contributed by atoms with E-state index >= 15 is 0 Å². The molecule has 1 atom stereocenters. The van der Waals surface area contributed by atoms with Gasteiger partial charge in [0.15, 0.2) is 0 Å². The van der Waals surface area contributed by atoms with Crippen LogP contribution in [0.15, 0.2) is 12.7 Å². The second kappa shape index (κ2) is 6.66. The Labute approximate surface area is 79.8 Å². The second-order valence-corrected chi connectivity index (χ2v) is 3.43. The fraction of sp³-hybridized carbons (Fsp3) is 0.700. The first-order valence-corrected chi connectivity index (χ1v) is 4.63. The molecule has 0 saturated carbocycles. The SMILES string of the molecule is C=CCCC(=O)N[C@@H](CO)C(C)C. The molecule has 3 nitrogen and oxygen atoms in total. The molecule has 0 aliphatic rings. The molecule has 76 valence electrons. The normalized spacial score (nSPS) is 12.6. The first kappa shape index (κ1) is 12.2. The minimum atomic E-state index is -0.127. The Balaban J connectivity index is 3.79. The second-order valence-electron chi connectivity index (χ2n) is 3.43. The van der Waals surface area contributed by atoms with Gasteiger partial charge in [0.05, 0.1) is 12.6 Å². The third-order valence-electron chi connectivity index (χ3n) is 1.92. The number of nitrogens with one attached hydrogen (secondary N) is 1. The van der Waals surface area contributed by atoms with E-state index < -0.39 is 0 Å². The van der Waals surface area contributed by atoms with Gasteiger partial charge in [-0.1, -0.05) is 19.9 Å². The highest BCUT2D eigenvalue weighted by atomic mass is 16.3. The molecule has 0 radical (unpaired) electrons. The Bertz CT molecular complexity index is 166. The lowest BCUT2D eigenvalue weighted by Crippen LogP contribution is -2.40. The molecular formula is C10H19NO2. The van der Waals surface area contributed by atoms with Gasteiger partial charge in [-0.25, -0.2) is 0 Å². The largest absolute Gasteiger partial charge is 0.394 e. The van der Waals surface area contributed by atoms with Crippen molar-refractivity contribution in [1.29, 1.82) is 0 Å². The number of aliphatic hydroxyl groups is 1. The van der Waals surface area contributed by atoms with Crippen LogP contribution >= 0.6 is 0 Å². The van der Waals surface area contributed by atoms with Gasteiger partial charge in [-0.2, -0.15) is 0 Å². The van der Waals surface area contributed by atoms with Gasteiger partial charge in [-0.15, -0.1) is 6.58 Å². The number of carbonyl (C=O) groups excluding carboxylic acids is 1. The summed E-state index contributed by atoms with van der Waals surface area (Å²) in [4.78, 5) is 11.2. The molecule has 1 amide bonds. The summed E-state index contributed by atoms with van der Waals surface area (Å²) in [6, 6.07) is -0.127. The van der Waals surface area contributed by atoms with E-state index in [9.17, 15) is 4.79 Å². The topological polar surface area (TPSA) is 49.3 Å². The van der Waals surface area contributed by atoms with Gasteiger partial charge in [-0.05, 0) is 12.3 Å². The highest BCUT2D eigenvalue weighted by molar-refractivity contribution is 5.76. The predicted octanol–water partition coefficient (Wildman–Crippen LogP) is 1.09. The minimum absolute atomic E-state index is 0.00248. The first-order valence-electron chi connectivity index (χ1n) is 4.63. The molecule has 0 spiro atoms. The molecule has 0 aromatic heterocycles. The van der Waals surface area contributed by atoms with E-state index in [4.69, 9.17) is 5.11 Å². The zero-order chi connectivity index (χ0) is 10.3. The Morgan fingerprint density at radius 3 is 2.62 bits per heavy atom. The quantitative estimate of drug-likeness (QED) is 0.608. The third kappa shape index (κ3) is 5.42. The smallest absolute Gasteiger partial charge is 0.220 e. The van der Waals surface area contributed by atoms with Crippen molar-refractivity contribution >= 4 is 5.91 Å². The summed E-state index contributed by atoms with van der Waals surface area (Å²) in [5.74, 6) is 0.241. The summed E-state index contributed by atoms with van der Waals surface area (Å²) in [5.41, 5.74) is 0. The standard InChI is InChI=1S/C10H19NO2/c1-4-5-6-10(13)11-9(7-12)8(2)3/h4,8-9,12H,1,5-7H2,2-3H3,(H,11,13)/t9-/m0/s1. The van der Waals surface area contributed by atoms with Crippen molar-refractivity contribution in [3.05, 3.63) is 12.7 Å². The summed E-state index contributed by atoms with van der Waals surface area (Å²) >= 11 is 0. The Hall–Kier alpha value is -0.830. The molecule has 0 bridgehead atoms. The summed E-state index contributed by atoms with van der Waals surface area (Å²) in [7, 11) is 0. The average Bonchev–Trinajstić information content (AvgIpc) is 2.10. The maximum Gasteiger partial charge on any atom is 0.220 e. The minimum Gasteiger partial charge on any atom is -0.394 e. The van der Waals surface area contributed by atoms with Gasteiger partial charge in [0.25, 0.3) is 0 Å². The number of hydrogen-bond acceptors (Lipinski definition) is 2. The lowest BCUT2D eigenvalue weighted by molar-refractivity contribution is -0.122. The van der Waals surface area contributed by atoms with Crippen LogP contribution in [0.1, 0.15) is 26.7 Å². The summed E-state index contributed by atoms with van der Waals surface area (Å²) in [6.07, 6.45) is 2.84. The van der Waals surface area contributed by atoms with Crippen LogP contribution in [0, 0.1) is 5.92 Å². The zero-order valence-electron chi connectivity index (χ0n) is 8.42.